The summed E-state index contributed by atoms with van der Waals surface area (Å²) in [7, 11) is 0. The van der Waals surface area contributed by atoms with Gasteiger partial charge in [-0.3, -0.25) is 9.59 Å². The van der Waals surface area contributed by atoms with E-state index in [2.05, 4.69) is 37.3 Å². The van der Waals surface area contributed by atoms with Gasteiger partial charge in [0.2, 0.25) is 11.8 Å². The number of rotatable bonds is 5. The Morgan fingerprint density at radius 1 is 1.03 bits per heavy atom. The van der Waals surface area contributed by atoms with Crippen molar-refractivity contribution in [2.45, 2.75) is 34.6 Å². The molecular formula is C28H32N2O4. The van der Waals surface area contributed by atoms with Gasteiger partial charge in [-0.1, -0.05) is 29.8 Å². The number of fused-ring (bicyclic) bond motifs is 1. The molecule has 0 saturated carbocycles. The minimum absolute atomic E-state index is 0.0492. The van der Waals surface area contributed by atoms with Crippen LogP contribution in [0.15, 0.2) is 47.1 Å². The molecule has 0 radical (unpaired) electrons. The average Bonchev–Trinajstić information content (AvgIpc) is 3.25. The zero-order valence-electron chi connectivity index (χ0n) is 20.6. The fraction of sp³-hybridized carbons (Fsp3) is 0.357. The Bertz CT molecular complexity index is 1250. The minimum atomic E-state index is -0.0492. The Kier molecular flexibility index (Phi) is 6.77. The Balaban J connectivity index is 1.72. The molecule has 6 heteroatoms. The van der Waals surface area contributed by atoms with Crippen molar-refractivity contribution in [3.63, 3.8) is 0 Å². The van der Waals surface area contributed by atoms with Gasteiger partial charge in [0.15, 0.2) is 0 Å². The molecule has 1 aromatic heterocycles. The van der Waals surface area contributed by atoms with Gasteiger partial charge in [0.05, 0.1) is 12.9 Å². The van der Waals surface area contributed by atoms with E-state index in [0.717, 1.165) is 44.5 Å². The predicted molar refractivity (Wildman–Crippen MR) is 135 cm³/mol. The molecule has 2 amide bonds. The van der Waals surface area contributed by atoms with Crippen LogP contribution in [0.2, 0.25) is 0 Å². The maximum Gasteiger partial charge on any atom is 0.246 e. The van der Waals surface area contributed by atoms with E-state index in [0.29, 0.717) is 32.8 Å². The Morgan fingerprint density at radius 2 is 1.68 bits per heavy atom. The largest absolute Gasteiger partial charge is 0.493 e. The molecule has 0 atom stereocenters. The van der Waals surface area contributed by atoms with Gasteiger partial charge < -0.3 is 19.0 Å². The van der Waals surface area contributed by atoms with Crippen LogP contribution in [-0.4, -0.2) is 54.4 Å². The SMILES string of the molecule is CCOc1c(/C(C)=C/C(=O)N2CCN(C(C)=O)CC2)cc2c(-c3ccc(C)cc3)coc2c1C. The van der Waals surface area contributed by atoms with Crippen LogP contribution in [0.3, 0.4) is 0 Å². The van der Waals surface area contributed by atoms with Crippen LogP contribution in [0, 0.1) is 13.8 Å². The lowest BCUT2D eigenvalue weighted by Crippen LogP contribution is -2.49. The first kappa shape index (κ1) is 23.6. The van der Waals surface area contributed by atoms with Crippen molar-refractivity contribution in [2.24, 2.45) is 0 Å². The van der Waals surface area contributed by atoms with Crippen molar-refractivity contribution < 1.29 is 18.7 Å². The number of allylic oxidation sites excluding steroid dienone is 1. The quantitative estimate of drug-likeness (QED) is 0.491. The monoisotopic (exact) mass is 460 g/mol. The molecule has 1 aliphatic heterocycles. The fourth-order valence-electron chi connectivity index (χ4n) is 4.49. The first-order valence-corrected chi connectivity index (χ1v) is 11.8. The predicted octanol–water partition coefficient (Wildman–Crippen LogP) is 5.21. The number of amides is 2. The second-order valence-electron chi connectivity index (χ2n) is 8.86. The Hall–Kier alpha value is -3.54. The maximum absolute atomic E-state index is 13.0. The summed E-state index contributed by atoms with van der Waals surface area (Å²) in [5.74, 6) is 0.739. The number of benzene rings is 2. The third-order valence-electron chi connectivity index (χ3n) is 6.50. The van der Waals surface area contributed by atoms with Crippen molar-refractivity contribution >= 4 is 28.4 Å². The summed E-state index contributed by atoms with van der Waals surface area (Å²) in [5.41, 5.74) is 6.74. The average molecular weight is 461 g/mol. The van der Waals surface area contributed by atoms with E-state index in [4.69, 9.17) is 9.15 Å². The molecule has 178 valence electrons. The highest BCUT2D eigenvalue weighted by Crippen LogP contribution is 2.40. The summed E-state index contributed by atoms with van der Waals surface area (Å²) in [4.78, 5) is 28.2. The molecule has 1 aliphatic rings. The molecule has 0 aliphatic carbocycles. The van der Waals surface area contributed by atoms with Crippen LogP contribution in [0.5, 0.6) is 5.75 Å². The number of hydrogen-bond donors (Lipinski definition) is 0. The zero-order chi connectivity index (χ0) is 24.4. The molecule has 0 bridgehead atoms. The van der Waals surface area contributed by atoms with Crippen molar-refractivity contribution in [1.82, 2.24) is 9.80 Å². The molecule has 4 rings (SSSR count). The van der Waals surface area contributed by atoms with Crippen LogP contribution < -0.4 is 4.74 Å². The number of nitrogens with zero attached hydrogens (tertiary/aromatic N) is 2. The third kappa shape index (κ3) is 4.58. The second-order valence-corrected chi connectivity index (χ2v) is 8.86. The molecule has 0 spiro atoms. The van der Waals surface area contributed by atoms with Gasteiger partial charge in [-0.25, -0.2) is 0 Å². The molecule has 34 heavy (non-hydrogen) atoms. The summed E-state index contributed by atoms with van der Waals surface area (Å²) in [6, 6.07) is 10.4. The lowest BCUT2D eigenvalue weighted by Gasteiger charge is -2.33. The molecule has 1 saturated heterocycles. The number of ether oxygens (including phenoxy) is 1. The smallest absolute Gasteiger partial charge is 0.246 e. The molecule has 0 unspecified atom stereocenters. The van der Waals surface area contributed by atoms with Gasteiger partial charge in [-0.05, 0) is 44.9 Å². The van der Waals surface area contributed by atoms with Crippen molar-refractivity contribution in [1.29, 1.82) is 0 Å². The number of carbonyl (C=O) groups excluding carboxylic acids is 2. The van der Waals surface area contributed by atoms with Gasteiger partial charge >= 0.3 is 0 Å². The van der Waals surface area contributed by atoms with Crippen molar-refractivity contribution in [3.05, 3.63) is 59.4 Å². The lowest BCUT2D eigenvalue weighted by atomic mass is 9.96. The van der Waals surface area contributed by atoms with Gasteiger partial charge in [0, 0.05) is 61.3 Å². The van der Waals surface area contributed by atoms with Crippen LogP contribution in [-0.2, 0) is 9.59 Å². The van der Waals surface area contributed by atoms with Crippen LogP contribution in [0.4, 0.5) is 0 Å². The van der Waals surface area contributed by atoms with Gasteiger partial charge in [-0.15, -0.1) is 0 Å². The third-order valence-corrected chi connectivity index (χ3v) is 6.50. The number of aryl methyl sites for hydroxylation is 2. The standard InChI is InChI=1S/C28H32N2O4/c1-6-33-27-20(4)28-24(25(17-34-28)22-9-7-18(2)8-10-22)16-23(27)19(3)15-26(32)30-13-11-29(12-14-30)21(5)31/h7-10,15-17H,6,11-14H2,1-5H3/b19-15+. The molecule has 2 aromatic carbocycles. The molecular weight excluding hydrogens is 428 g/mol. The Labute approximate surface area is 200 Å². The fourth-order valence-corrected chi connectivity index (χ4v) is 4.49. The highest BCUT2D eigenvalue weighted by Gasteiger charge is 2.23. The number of carbonyl (C=O) groups is 2. The Morgan fingerprint density at radius 3 is 2.29 bits per heavy atom. The van der Waals surface area contributed by atoms with E-state index >= 15 is 0 Å². The highest BCUT2D eigenvalue weighted by atomic mass is 16.5. The molecule has 1 fully saturated rings. The van der Waals surface area contributed by atoms with E-state index in [1.807, 2.05) is 20.8 Å². The maximum atomic E-state index is 13.0. The van der Waals surface area contributed by atoms with E-state index in [1.54, 1.807) is 29.1 Å². The summed E-state index contributed by atoms with van der Waals surface area (Å²) < 4.78 is 12.0. The van der Waals surface area contributed by atoms with Crippen LogP contribution in [0.1, 0.15) is 37.5 Å². The number of furan rings is 1. The summed E-state index contributed by atoms with van der Waals surface area (Å²) in [6.45, 7) is 12.2. The van der Waals surface area contributed by atoms with E-state index < -0.39 is 0 Å². The summed E-state index contributed by atoms with van der Waals surface area (Å²) in [5, 5.41) is 0.995. The molecule has 6 nitrogen and oxygen atoms in total. The second kappa shape index (κ2) is 9.75. The summed E-state index contributed by atoms with van der Waals surface area (Å²) >= 11 is 0. The molecule has 0 N–H and O–H groups in total. The van der Waals surface area contributed by atoms with Crippen molar-refractivity contribution in [3.8, 4) is 16.9 Å². The molecule has 2 heterocycles. The lowest BCUT2D eigenvalue weighted by molar-refractivity contribution is -0.135. The normalized spacial score (nSPS) is 14.6. The number of piperazine rings is 1. The van der Waals surface area contributed by atoms with E-state index in [-0.39, 0.29) is 11.8 Å². The first-order valence-electron chi connectivity index (χ1n) is 11.8. The van der Waals surface area contributed by atoms with E-state index in [1.165, 1.54) is 5.56 Å². The topological polar surface area (TPSA) is 63.0 Å². The van der Waals surface area contributed by atoms with Crippen molar-refractivity contribution in [2.75, 3.05) is 32.8 Å². The number of hydrogen-bond acceptors (Lipinski definition) is 4. The van der Waals surface area contributed by atoms with E-state index in [9.17, 15) is 9.59 Å². The summed E-state index contributed by atoms with van der Waals surface area (Å²) in [6.07, 6.45) is 3.47. The zero-order valence-corrected chi connectivity index (χ0v) is 20.6. The van der Waals surface area contributed by atoms with Gasteiger partial charge in [-0.2, -0.15) is 0 Å². The highest BCUT2D eigenvalue weighted by molar-refractivity contribution is 6.01. The van der Waals surface area contributed by atoms with Crippen LogP contribution >= 0.6 is 0 Å². The van der Waals surface area contributed by atoms with Gasteiger partial charge in [0.1, 0.15) is 11.3 Å². The minimum Gasteiger partial charge on any atom is -0.493 e. The first-order chi connectivity index (χ1) is 16.3. The van der Waals surface area contributed by atoms with Gasteiger partial charge in [0.25, 0.3) is 0 Å². The van der Waals surface area contributed by atoms with Crippen LogP contribution in [0.25, 0.3) is 27.7 Å². The molecule has 3 aromatic rings.